The molecule has 0 heterocycles. The van der Waals surface area contributed by atoms with Crippen LogP contribution in [0.4, 0.5) is 0 Å². The lowest BCUT2D eigenvalue weighted by Crippen LogP contribution is -2.10. The highest BCUT2D eigenvalue weighted by molar-refractivity contribution is 5.98. The molecule has 0 saturated heterocycles. The predicted molar refractivity (Wildman–Crippen MR) is 99.8 cm³/mol. The molecule has 0 aliphatic carbocycles. The standard InChI is InChI=1S/C21H24O4/c22-7-8-23-9-10-24-11-12-25-16-17-5-6-20-14-18-3-1-2-4-19(18)15-21(20)13-17/h1-6,13-15,22H,7-12,16H2. The minimum atomic E-state index is 0.0463. The summed E-state index contributed by atoms with van der Waals surface area (Å²) in [5.41, 5.74) is 1.16. The Hall–Kier alpha value is -1.98. The quantitative estimate of drug-likeness (QED) is 0.453. The van der Waals surface area contributed by atoms with Crippen molar-refractivity contribution in [3.63, 3.8) is 0 Å². The third-order valence-corrected chi connectivity index (χ3v) is 4.02. The Balaban J connectivity index is 1.46. The lowest BCUT2D eigenvalue weighted by molar-refractivity contribution is 0.00452. The van der Waals surface area contributed by atoms with Crippen molar-refractivity contribution in [1.82, 2.24) is 0 Å². The Morgan fingerprint density at radius 3 is 1.92 bits per heavy atom. The van der Waals surface area contributed by atoms with E-state index in [2.05, 4.69) is 54.6 Å². The second-order valence-corrected chi connectivity index (χ2v) is 5.88. The molecule has 0 aliphatic rings. The van der Waals surface area contributed by atoms with Crippen LogP contribution in [0.1, 0.15) is 5.56 Å². The van der Waals surface area contributed by atoms with Crippen molar-refractivity contribution in [2.45, 2.75) is 6.61 Å². The summed E-state index contributed by atoms with van der Waals surface area (Å²) in [7, 11) is 0. The van der Waals surface area contributed by atoms with Gasteiger partial charge in [0.1, 0.15) is 0 Å². The fourth-order valence-corrected chi connectivity index (χ4v) is 2.77. The molecule has 0 saturated carbocycles. The molecular weight excluding hydrogens is 316 g/mol. The van der Waals surface area contributed by atoms with Crippen LogP contribution < -0.4 is 0 Å². The maximum Gasteiger partial charge on any atom is 0.0718 e. The number of ether oxygens (including phenoxy) is 3. The second-order valence-electron chi connectivity index (χ2n) is 5.88. The smallest absolute Gasteiger partial charge is 0.0718 e. The third kappa shape index (κ3) is 5.25. The van der Waals surface area contributed by atoms with E-state index < -0.39 is 0 Å². The number of hydrogen-bond acceptors (Lipinski definition) is 4. The van der Waals surface area contributed by atoms with Gasteiger partial charge in [-0.05, 0) is 45.3 Å². The minimum Gasteiger partial charge on any atom is -0.394 e. The number of fused-ring (bicyclic) bond motifs is 2. The van der Waals surface area contributed by atoms with Gasteiger partial charge in [-0.15, -0.1) is 0 Å². The maximum absolute atomic E-state index is 8.58. The van der Waals surface area contributed by atoms with E-state index in [9.17, 15) is 0 Å². The summed E-state index contributed by atoms with van der Waals surface area (Å²) in [6, 6.07) is 19.3. The molecule has 25 heavy (non-hydrogen) atoms. The lowest BCUT2D eigenvalue weighted by atomic mass is 10.0. The van der Waals surface area contributed by atoms with Gasteiger partial charge in [0.15, 0.2) is 0 Å². The molecule has 0 radical (unpaired) electrons. The van der Waals surface area contributed by atoms with Crippen molar-refractivity contribution in [3.05, 3.63) is 60.2 Å². The van der Waals surface area contributed by atoms with Gasteiger partial charge >= 0.3 is 0 Å². The van der Waals surface area contributed by atoms with Gasteiger partial charge in [-0.2, -0.15) is 0 Å². The van der Waals surface area contributed by atoms with Crippen LogP contribution in [0.25, 0.3) is 21.5 Å². The third-order valence-electron chi connectivity index (χ3n) is 4.02. The Bertz CT molecular complexity index is 800. The average Bonchev–Trinajstić information content (AvgIpc) is 2.65. The van der Waals surface area contributed by atoms with Crippen molar-refractivity contribution in [2.24, 2.45) is 0 Å². The predicted octanol–water partition coefficient (Wildman–Crippen LogP) is 3.54. The first kappa shape index (κ1) is 17.8. The lowest BCUT2D eigenvalue weighted by Gasteiger charge is -2.08. The van der Waals surface area contributed by atoms with Crippen molar-refractivity contribution in [1.29, 1.82) is 0 Å². The molecule has 0 unspecified atom stereocenters. The van der Waals surface area contributed by atoms with Crippen LogP contribution >= 0.6 is 0 Å². The van der Waals surface area contributed by atoms with Crippen LogP contribution in [0.5, 0.6) is 0 Å². The summed E-state index contributed by atoms with van der Waals surface area (Å²) in [6.07, 6.45) is 0. The van der Waals surface area contributed by atoms with E-state index in [1.165, 1.54) is 21.5 Å². The molecule has 4 heteroatoms. The molecule has 132 valence electrons. The molecule has 4 nitrogen and oxygen atoms in total. The van der Waals surface area contributed by atoms with E-state index >= 15 is 0 Å². The summed E-state index contributed by atoms with van der Waals surface area (Å²) in [6.45, 7) is 3.09. The highest BCUT2D eigenvalue weighted by Gasteiger charge is 2.00. The van der Waals surface area contributed by atoms with Gasteiger partial charge in [0.05, 0.1) is 46.2 Å². The Morgan fingerprint density at radius 1 is 0.600 bits per heavy atom. The molecule has 0 spiro atoms. The number of hydrogen-bond donors (Lipinski definition) is 1. The molecular formula is C21H24O4. The zero-order valence-electron chi connectivity index (χ0n) is 14.3. The van der Waals surface area contributed by atoms with E-state index in [1.807, 2.05) is 0 Å². The van der Waals surface area contributed by atoms with E-state index in [4.69, 9.17) is 19.3 Å². The van der Waals surface area contributed by atoms with Crippen LogP contribution in [0.15, 0.2) is 54.6 Å². The fraction of sp³-hybridized carbons (Fsp3) is 0.333. The molecule has 0 bridgehead atoms. The first-order valence-electron chi connectivity index (χ1n) is 8.62. The normalized spacial score (nSPS) is 11.4. The number of aliphatic hydroxyl groups excluding tert-OH is 1. The summed E-state index contributed by atoms with van der Waals surface area (Å²) in [4.78, 5) is 0. The van der Waals surface area contributed by atoms with Crippen molar-refractivity contribution in [2.75, 3.05) is 39.6 Å². The first-order valence-corrected chi connectivity index (χ1v) is 8.62. The van der Waals surface area contributed by atoms with Crippen LogP contribution in [-0.4, -0.2) is 44.7 Å². The van der Waals surface area contributed by atoms with Crippen molar-refractivity contribution in [3.8, 4) is 0 Å². The topological polar surface area (TPSA) is 47.9 Å². The van der Waals surface area contributed by atoms with Gasteiger partial charge in [-0.1, -0.05) is 36.4 Å². The van der Waals surface area contributed by atoms with Gasteiger partial charge in [0.2, 0.25) is 0 Å². The van der Waals surface area contributed by atoms with E-state index in [0.717, 1.165) is 5.56 Å². The van der Waals surface area contributed by atoms with E-state index in [0.29, 0.717) is 39.6 Å². The zero-order chi connectivity index (χ0) is 17.3. The number of aliphatic hydroxyl groups is 1. The highest BCUT2D eigenvalue weighted by atomic mass is 16.5. The van der Waals surface area contributed by atoms with Crippen LogP contribution in [0.3, 0.4) is 0 Å². The first-order chi connectivity index (χ1) is 12.4. The SMILES string of the molecule is OCCOCCOCCOCc1ccc2cc3ccccc3cc2c1. The largest absolute Gasteiger partial charge is 0.394 e. The monoisotopic (exact) mass is 340 g/mol. The van der Waals surface area contributed by atoms with Crippen molar-refractivity contribution >= 4 is 21.5 Å². The van der Waals surface area contributed by atoms with Crippen molar-refractivity contribution < 1.29 is 19.3 Å². The molecule has 0 aromatic heterocycles. The van der Waals surface area contributed by atoms with Crippen LogP contribution in [-0.2, 0) is 20.8 Å². The fourth-order valence-electron chi connectivity index (χ4n) is 2.77. The average molecular weight is 340 g/mol. The zero-order valence-corrected chi connectivity index (χ0v) is 14.3. The summed E-state index contributed by atoms with van der Waals surface area (Å²) < 4.78 is 16.2. The van der Waals surface area contributed by atoms with Gasteiger partial charge < -0.3 is 19.3 Å². The molecule has 3 aromatic rings. The van der Waals surface area contributed by atoms with Gasteiger partial charge in [-0.25, -0.2) is 0 Å². The number of rotatable bonds is 10. The molecule has 3 aromatic carbocycles. The van der Waals surface area contributed by atoms with Crippen LogP contribution in [0.2, 0.25) is 0 Å². The summed E-state index contributed by atoms with van der Waals surface area (Å²) in [5.74, 6) is 0. The molecule has 0 amide bonds. The van der Waals surface area contributed by atoms with E-state index in [1.54, 1.807) is 0 Å². The summed E-state index contributed by atoms with van der Waals surface area (Å²) >= 11 is 0. The van der Waals surface area contributed by atoms with Crippen LogP contribution in [0, 0.1) is 0 Å². The Labute approximate surface area is 147 Å². The molecule has 0 aliphatic heterocycles. The molecule has 3 rings (SSSR count). The minimum absolute atomic E-state index is 0.0463. The van der Waals surface area contributed by atoms with Gasteiger partial charge in [0, 0.05) is 0 Å². The maximum atomic E-state index is 8.58. The Kier molecular flexibility index (Phi) is 6.77. The Morgan fingerprint density at radius 2 is 1.20 bits per heavy atom. The summed E-state index contributed by atoms with van der Waals surface area (Å²) in [5, 5.41) is 13.6. The molecule has 0 atom stereocenters. The second kappa shape index (κ2) is 9.49. The molecule has 1 N–H and O–H groups in total. The van der Waals surface area contributed by atoms with Gasteiger partial charge in [-0.3, -0.25) is 0 Å². The molecule has 0 fully saturated rings. The van der Waals surface area contributed by atoms with E-state index in [-0.39, 0.29) is 6.61 Å². The van der Waals surface area contributed by atoms with Gasteiger partial charge in [0.25, 0.3) is 0 Å². The number of benzene rings is 3. The highest BCUT2D eigenvalue weighted by Crippen LogP contribution is 2.23.